The van der Waals surface area contributed by atoms with E-state index in [1.165, 1.54) is 42.5 Å². The summed E-state index contributed by atoms with van der Waals surface area (Å²) in [5.74, 6) is -6.25. The number of fused-ring (bicyclic) bond motifs is 1. The van der Waals surface area contributed by atoms with Gasteiger partial charge in [0.15, 0.2) is 0 Å². The zero-order chi connectivity index (χ0) is 25.0. The molecule has 35 heavy (non-hydrogen) atoms. The zero-order valence-electron chi connectivity index (χ0n) is 17.6. The second-order valence-electron chi connectivity index (χ2n) is 7.90. The topological polar surface area (TPSA) is 53.6 Å². The van der Waals surface area contributed by atoms with Gasteiger partial charge in [-0.05, 0) is 48.0 Å². The SMILES string of the molecule is O=C(Nc1ccc2c(c1)C(F)(F)C(F)(F)O2)N1CC(c2ccc(F)cc2)=C(c2cccc(F)c2)N1. The van der Waals surface area contributed by atoms with E-state index in [1.807, 2.05) is 0 Å². The van der Waals surface area contributed by atoms with Crippen LogP contribution in [0.1, 0.15) is 16.7 Å². The van der Waals surface area contributed by atoms with E-state index in [2.05, 4.69) is 15.5 Å². The number of rotatable bonds is 3. The molecule has 180 valence electrons. The lowest BCUT2D eigenvalue weighted by atomic mass is 10.0. The number of carbonyl (C=O) groups excluding carboxylic acids is 1. The first-order chi connectivity index (χ1) is 16.5. The van der Waals surface area contributed by atoms with Gasteiger partial charge in [-0.1, -0.05) is 24.3 Å². The number of hydrazine groups is 1. The van der Waals surface area contributed by atoms with Gasteiger partial charge in [-0.15, -0.1) is 0 Å². The molecule has 0 spiro atoms. The predicted octanol–water partition coefficient (Wildman–Crippen LogP) is 5.96. The molecule has 11 heteroatoms. The van der Waals surface area contributed by atoms with Crippen molar-refractivity contribution in [2.75, 3.05) is 11.9 Å². The van der Waals surface area contributed by atoms with E-state index in [0.717, 1.165) is 17.1 Å². The second-order valence-corrected chi connectivity index (χ2v) is 7.90. The molecule has 2 heterocycles. The van der Waals surface area contributed by atoms with Crippen molar-refractivity contribution in [3.63, 3.8) is 0 Å². The summed E-state index contributed by atoms with van der Waals surface area (Å²) in [4.78, 5) is 12.9. The Balaban J connectivity index is 1.41. The smallest absolute Gasteiger partial charge is 0.427 e. The standard InChI is InChI=1S/C24H15F6N3O2/c25-15-6-4-13(5-7-15)18-12-33(32-21(18)14-2-1-3-16(26)10-14)22(34)31-17-8-9-20-19(11-17)23(27,28)24(29,30)35-20/h1-11,32H,12H2,(H,31,34). The number of urea groups is 1. The molecule has 0 fully saturated rings. The van der Waals surface area contributed by atoms with E-state index in [-0.39, 0.29) is 12.2 Å². The monoisotopic (exact) mass is 491 g/mol. The lowest BCUT2D eigenvalue weighted by molar-refractivity contribution is -0.296. The number of benzene rings is 3. The van der Waals surface area contributed by atoms with Crippen molar-refractivity contribution in [3.05, 3.63) is 95.1 Å². The summed E-state index contributed by atoms with van der Waals surface area (Å²) < 4.78 is 86.3. The average molecular weight is 491 g/mol. The zero-order valence-corrected chi connectivity index (χ0v) is 17.6. The van der Waals surface area contributed by atoms with Gasteiger partial charge in [0.2, 0.25) is 0 Å². The Hall–Kier alpha value is -4.15. The summed E-state index contributed by atoms with van der Waals surface area (Å²) in [7, 11) is 0. The lowest BCUT2D eigenvalue weighted by Crippen LogP contribution is -2.40. The molecule has 0 saturated heterocycles. The van der Waals surface area contributed by atoms with E-state index in [1.54, 1.807) is 6.07 Å². The number of amides is 2. The van der Waals surface area contributed by atoms with Gasteiger partial charge >= 0.3 is 18.1 Å². The normalized spacial score (nSPS) is 17.6. The number of halogens is 6. The van der Waals surface area contributed by atoms with Gasteiger partial charge < -0.3 is 10.1 Å². The van der Waals surface area contributed by atoms with E-state index < -0.39 is 41.0 Å². The molecule has 0 atom stereocenters. The van der Waals surface area contributed by atoms with Crippen molar-refractivity contribution < 1.29 is 35.9 Å². The number of carbonyl (C=O) groups is 1. The van der Waals surface area contributed by atoms with Crippen LogP contribution in [-0.4, -0.2) is 23.7 Å². The van der Waals surface area contributed by atoms with Crippen LogP contribution in [0.2, 0.25) is 0 Å². The van der Waals surface area contributed by atoms with Crippen LogP contribution in [0.25, 0.3) is 11.3 Å². The van der Waals surface area contributed by atoms with Crippen molar-refractivity contribution in [2.24, 2.45) is 0 Å². The number of hydrogen-bond acceptors (Lipinski definition) is 3. The third kappa shape index (κ3) is 3.92. The molecule has 0 aromatic heterocycles. The molecule has 0 bridgehead atoms. The summed E-state index contributed by atoms with van der Waals surface area (Å²) >= 11 is 0. The first-order valence-electron chi connectivity index (χ1n) is 10.2. The minimum Gasteiger partial charge on any atom is -0.427 e. The van der Waals surface area contributed by atoms with E-state index in [9.17, 15) is 31.1 Å². The molecule has 5 rings (SSSR count). The largest absolute Gasteiger partial charge is 0.469 e. The highest BCUT2D eigenvalue weighted by Crippen LogP contribution is 2.53. The summed E-state index contributed by atoms with van der Waals surface area (Å²) in [6.45, 7) is -0.0500. The molecule has 2 N–H and O–H groups in total. The van der Waals surface area contributed by atoms with E-state index in [4.69, 9.17) is 0 Å². The van der Waals surface area contributed by atoms with Crippen molar-refractivity contribution in [2.45, 2.75) is 12.0 Å². The molecule has 2 aliphatic heterocycles. The molecule has 0 aliphatic carbocycles. The average Bonchev–Trinajstić information content (AvgIpc) is 3.32. The Morgan fingerprint density at radius 2 is 1.66 bits per heavy atom. The van der Waals surface area contributed by atoms with Crippen LogP contribution in [0, 0.1) is 11.6 Å². The number of ether oxygens (including phenoxy) is 1. The van der Waals surface area contributed by atoms with Gasteiger partial charge in [0.25, 0.3) is 0 Å². The maximum Gasteiger partial charge on any atom is 0.469 e. The Bertz CT molecular complexity index is 1360. The predicted molar refractivity (Wildman–Crippen MR) is 114 cm³/mol. The van der Waals surface area contributed by atoms with Gasteiger partial charge in [0.05, 0.1) is 17.8 Å². The number of anilines is 1. The van der Waals surface area contributed by atoms with Crippen molar-refractivity contribution in [3.8, 4) is 5.75 Å². The summed E-state index contributed by atoms with van der Waals surface area (Å²) in [5.41, 5.74) is 3.51. The molecule has 3 aromatic rings. The Labute approximate surface area is 194 Å². The summed E-state index contributed by atoms with van der Waals surface area (Å²) in [6, 6.07) is 13.0. The fourth-order valence-corrected chi connectivity index (χ4v) is 3.86. The van der Waals surface area contributed by atoms with Crippen molar-refractivity contribution in [1.82, 2.24) is 10.4 Å². The highest BCUT2D eigenvalue weighted by molar-refractivity contribution is 5.98. The third-order valence-electron chi connectivity index (χ3n) is 5.59. The maximum absolute atomic E-state index is 14.0. The van der Waals surface area contributed by atoms with Crippen molar-refractivity contribution in [1.29, 1.82) is 0 Å². The maximum atomic E-state index is 14.0. The van der Waals surface area contributed by atoms with Crippen LogP contribution in [0.5, 0.6) is 5.75 Å². The van der Waals surface area contributed by atoms with Gasteiger partial charge in [-0.3, -0.25) is 5.43 Å². The van der Waals surface area contributed by atoms with Gasteiger partial charge in [0, 0.05) is 16.8 Å². The highest BCUT2D eigenvalue weighted by Gasteiger charge is 2.66. The Kier molecular flexibility index (Phi) is 5.15. The highest BCUT2D eigenvalue weighted by atomic mass is 19.3. The lowest BCUT2D eigenvalue weighted by Gasteiger charge is -2.19. The quantitative estimate of drug-likeness (QED) is 0.445. The molecule has 5 nitrogen and oxygen atoms in total. The molecule has 2 aliphatic rings. The first-order valence-corrected chi connectivity index (χ1v) is 10.2. The Morgan fingerprint density at radius 1 is 0.914 bits per heavy atom. The van der Waals surface area contributed by atoms with Crippen LogP contribution in [0.4, 0.5) is 36.8 Å². The second kappa shape index (κ2) is 7.97. The van der Waals surface area contributed by atoms with Crippen LogP contribution in [-0.2, 0) is 5.92 Å². The Morgan fingerprint density at radius 3 is 2.37 bits per heavy atom. The molecule has 0 unspecified atom stereocenters. The number of hydrogen-bond donors (Lipinski definition) is 2. The molecule has 0 saturated carbocycles. The van der Waals surface area contributed by atoms with Crippen LogP contribution in [0.15, 0.2) is 66.7 Å². The molecule has 2 amide bonds. The van der Waals surface area contributed by atoms with E-state index >= 15 is 0 Å². The minimum atomic E-state index is -4.71. The number of alkyl halides is 4. The first kappa shape index (κ1) is 22.6. The molecular formula is C24H15F6N3O2. The third-order valence-corrected chi connectivity index (χ3v) is 5.59. The van der Waals surface area contributed by atoms with Crippen LogP contribution in [0.3, 0.4) is 0 Å². The summed E-state index contributed by atoms with van der Waals surface area (Å²) in [6.07, 6.45) is -4.71. The van der Waals surface area contributed by atoms with Crippen molar-refractivity contribution >= 4 is 23.0 Å². The van der Waals surface area contributed by atoms with E-state index in [0.29, 0.717) is 28.5 Å². The van der Waals surface area contributed by atoms with Crippen LogP contribution < -0.4 is 15.5 Å². The van der Waals surface area contributed by atoms with Gasteiger partial charge in [-0.25, -0.2) is 18.6 Å². The molecular weight excluding hydrogens is 476 g/mol. The fraction of sp³-hybridized carbons (Fsp3) is 0.125. The summed E-state index contributed by atoms with van der Waals surface area (Å²) in [5, 5.41) is 3.47. The van der Waals surface area contributed by atoms with Gasteiger partial charge in [0.1, 0.15) is 17.4 Å². The fourth-order valence-electron chi connectivity index (χ4n) is 3.86. The van der Waals surface area contributed by atoms with Crippen LogP contribution >= 0.6 is 0 Å². The number of nitrogens with one attached hydrogen (secondary N) is 2. The number of nitrogens with zero attached hydrogens (tertiary/aromatic N) is 1. The van der Waals surface area contributed by atoms with Gasteiger partial charge in [-0.2, -0.15) is 17.6 Å². The minimum absolute atomic E-state index is 0.0500. The molecule has 0 radical (unpaired) electrons. The molecule has 3 aromatic carbocycles.